The Hall–Kier alpha value is -2.24. The van der Waals surface area contributed by atoms with Crippen LogP contribution in [0.5, 0.6) is 5.75 Å². The summed E-state index contributed by atoms with van der Waals surface area (Å²) in [5, 5.41) is 0.651. The van der Waals surface area contributed by atoms with Crippen LogP contribution in [0.1, 0.15) is 30.3 Å². The quantitative estimate of drug-likeness (QED) is 0.560. The standard InChI is InChI=1S/C21H21Cl2N3O2/c1-28-17-6-2-14(3-7-17)12-25-13-16(5-9-21(25)27)26-19-8-4-15(23)10-18(19)24-20(26)11-22/h2-4,6-8,10,16H,5,9,11-13H2,1H3. The van der Waals surface area contributed by atoms with Gasteiger partial charge in [-0.3, -0.25) is 4.79 Å². The summed E-state index contributed by atoms with van der Waals surface area (Å²) >= 11 is 12.3. The van der Waals surface area contributed by atoms with E-state index in [0.29, 0.717) is 30.4 Å². The molecular weight excluding hydrogens is 397 g/mol. The van der Waals surface area contributed by atoms with E-state index in [2.05, 4.69) is 9.55 Å². The van der Waals surface area contributed by atoms with E-state index >= 15 is 0 Å². The van der Waals surface area contributed by atoms with Crippen LogP contribution >= 0.6 is 23.2 Å². The fourth-order valence-electron chi connectivity index (χ4n) is 3.83. The molecule has 1 atom stereocenters. The number of piperidine rings is 1. The topological polar surface area (TPSA) is 47.4 Å². The number of likely N-dealkylation sites (tertiary alicyclic amines) is 1. The Balaban J connectivity index is 1.61. The minimum Gasteiger partial charge on any atom is -0.497 e. The first-order chi connectivity index (χ1) is 13.6. The number of alkyl halides is 1. The molecule has 1 aromatic heterocycles. The molecule has 1 aliphatic rings. The van der Waals surface area contributed by atoms with Crippen molar-refractivity contribution in [2.24, 2.45) is 0 Å². The molecule has 0 spiro atoms. The first kappa shape index (κ1) is 19.1. The lowest BCUT2D eigenvalue weighted by Crippen LogP contribution is -2.40. The summed E-state index contributed by atoms with van der Waals surface area (Å²) in [6.45, 7) is 1.21. The van der Waals surface area contributed by atoms with Crippen molar-refractivity contribution in [2.75, 3.05) is 13.7 Å². The number of amides is 1. The number of benzene rings is 2. The molecule has 3 aromatic rings. The monoisotopic (exact) mass is 417 g/mol. The van der Waals surface area contributed by atoms with Gasteiger partial charge in [0.05, 0.1) is 30.1 Å². The number of halogens is 2. The molecule has 0 radical (unpaired) electrons. The molecule has 7 heteroatoms. The summed E-state index contributed by atoms with van der Waals surface area (Å²) in [6.07, 6.45) is 1.28. The predicted octanol–water partition coefficient (Wildman–Crippen LogP) is 4.80. The van der Waals surface area contributed by atoms with Crippen LogP contribution < -0.4 is 4.74 Å². The van der Waals surface area contributed by atoms with Gasteiger partial charge < -0.3 is 14.2 Å². The summed E-state index contributed by atoms with van der Waals surface area (Å²) in [5.41, 5.74) is 2.92. The SMILES string of the molecule is COc1ccc(CN2CC(n3c(CCl)nc4cc(Cl)ccc43)CCC2=O)cc1. The van der Waals surface area contributed by atoms with Crippen LogP contribution in [-0.2, 0) is 17.2 Å². The molecule has 1 amide bonds. The number of imidazole rings is 1. The van der Waals surface area contributed by atoms with Crippen molar-refractivity contribution in [3.8, 4) is 5.75 Å². The molecule has 1 fully saturated rings. The largest absolute Gasteiger partial charge is 0.497 e. The molecule has 146 valence electrons. The highest BCUT2D eigenvalue weighted by Gasteiger charge is 2.29. The molecule has 28 heavy (non-hydrogen) atoms. The lowest BCUT2D eigenvalue weighted by molar-refractivity contribution is -0.135. The summed E-state index contributed by atoms with van der Waals surface area (Å²) in [5.74, 6) is 2.10. The number of fused-ring (bicyclic) bond motifs is 1. The Labute approximate surface area is 173 Å². The molecule has 2 heterocycles. The van der Waals surface area contributed by atoms with Gasteiger partial charge in [0.1, 0.15) is 11.6 Å². The number of methoxy groups -OCH3 is 1. The maximum atomic E-state index is 12.5. The number of hydrogen-bond acceptors (Lipinski definition) is 3. The van der Waals surface area contributed by atoms with Crippen molar-refractivity contribution in [2.45, 2.75) is 31.3 Å². The van der Waals surface area contributed by atoms with E-state index in [4.69, 9.17) is 27.9 Å². The molecule has 1 aliphatic heterocycles. The first-order valence-corrected chi connectivity index (χ1v) is 10.1. The van der Waals surface area contributed by atoms with Gasteiger partial charge in [0.25, 0.3) is 0 Å². The number of rotatable bonds is 5. The molecule has 0 N–H and O–H groups in total. The molecule has 0 aliphatic carbocycles. The summed E-state index contributed by atoms with van der Waals surface area (Å²) in [4.78, 5) is 19.1. The van der Waals surface area contributed by atoms with Crippen molar-refractivity contribution in [3.63, 3.8) is 0 Å². The molecule has 0 bridgehead atoms. The number of carbonyl (C=O) groups excluding carboxylic acids is 1. The van der Waals surface area contributed by atoms with E-state index in [0.717, 1.165) is 34.6 Å². The molecular formula is C21H21Cl2N3O2. The van der Waals surface area contributed by atoms with Gasteiger partial charge >= 0.3 is 0 Å². The van der Waals surface area contributed by atoms with Gasteiger partial charge in [-0.2, -0.15) is 0 Å². The van der Waals surface area contributed by atoms with Gasteiger partial charge in [-0.25, -0.2) is 4.98 Å². The molecule has 1 saturated heterocycles. The second-order valence-corrected chi connectivity index (χ2v) is 7.68. The molecule has 5 nitrogen and oxygen atoms in total. The van der Waals surface area contributed by atoms with E-state index in [-0.39, 0.29) is 11.9 Å². The Bertz CT molecular complexity index is 1000. The third-order valence-electron chi connectivity index (χ3n) is 5.22. The van der Waals surface area contributed by atoms with Crippen LogP contribution in [0, 0.1) is 0 Å². The second kappa shape index (κ2) is 8.02. The summed E-state index contributed by atoms with van der Waals surface area (Å²) < 4.78 is 7.38. The maximum absolute atomic E-state index is 12.5. The third kappa shape index (κ3) is 3.69. The molecule has 2 aromatic carbocycles. The highest BCUT2D eigenvalue weighted by molar-refractivity contribution is 6.31. The van der Waals surface area contributed by atoms with Crippen LogP contribution in [0.3, 0.4) is 0 Å². The van der Waals surface area contributed by atoms with Gasteiger partial charge in [0.2, 0.25) is 5.91 Å². The Morgan fingerprint density at radius 1 is 1.21 bits per heavy atom. The smallest absolute Gasteiger partial charge is 0.223 e. The van der Waals surface area contributed by atoms with E-state index in [1.165, 1.54) is 0 Å². The van der Waals surface area contributed by atoms with Crippen LogP contribution in [0.15, 0.2) is 42.5 Å². The number of ether oxygens (including phenoxy) is 1. The van der Waals surface area contributed by atoms with Crippen LogP contribution in [0.25, 0.3) is 11.0 Å². The van der Waals surface area contributed by atoms with E-state index in [9.17, 15) is 4.79 Å². The van der Waals surface area contributed by atoms with E-state index < -0.39 is 0 Å². The fraction of sp³-hybridized carbons (Fsp3) is 0.333. The minimum atomic E-state index is 0.135. The van der Waals surface area contributed by atoms with Crippen molar-refractivity contribution in [3.05, 3.63) is 58.9 Å². The molecule has 0 saturated carbocycles. The van der Waals surface area contributed by atoms with Gasteiger partial charge in [0, 0.05) is 24.5 Å². The lowest BCUT2D eigenvalue weighted by Gasteiger charge is -2.34. The van der Waals surface area contributed by atoms with Crippen LogP contribution in [-0.4, -0.2) is 34.0 Å². The normalized spacial score (nSPS) is 17.3. The van der Waals surface area contributed by atoms with Gasteiger partial charge in [-0.1, -0.05) is 23.7 Å². The van der Waals surface area contributed by atoms with Gasteiger partial charge in [0.15, 0.2) is 0 Å². The first-order valence-electron chi connectivity index (χ1n) is 9.22. The lowest BCUT2D eigenvalue weighted by atomic mass is 10.0. The zero-order chi connectivity index (χ0) is 19.7. The van der Waals surface area contributed by atoms with E-state index in [1.54, 1.807) is 7.11 Å². The number of aromatic nitrogens is 2. The zero-order valence-corrected chi connectivity index (χ0v) is 17.1. The van der Waals surface area contributed by atoms with Gasteiger partial charge in [-0.05, 0) is 42.3 Å². The van der Waals surface area contributed by atoms with Crippen molar-refractivity contribution < 1.29 is 9.53 Å². The van der Waals surface area contributed by atoms with Gasteiger partial charge in [-0.15, -0.1) is 11.6 Å². The zero-order valence-electron chi connectivity index (χ0n) is 15.6. The third-order valence-corrected chi connectivity index (χ3v) is 5.69. The number of carbonyl (C=O) groups is 1. The van der Waals surface area contributed by atoms with Crippen LogP contribution in [0.4, 0.5) is 0 Å². The minimum absolute atomic E-state index is 0.135. The van der Waals surface area contributed by atoms with Crippen molar-refractivity contribution in [1.82, 2.24) is 14.5 Å². The summed E-state index contributed by atoms with van der Waals surface area (Å²) in [6, 6.07) is 13.7. The predicted molar refractivity (Wildman–Crippen MR) is 111 cm³/mol. The Morgan fingerprint density at radius 2 is 2.00 bits per heavy atom. The van der Waals surface area contributed by atoms with E-state index in [1.807, 2.05) is 47.4 Å². The Kier molecular flexibility index (Phi) is 5.47. The second-order valence-electron chi connectivity index (χ2n) is 6.98. The maximum Gasteiger partial charge on any atom is 0.223 e. The molecule has 4 rings (SSSR count). The fourth-order valence-corrected chi connectivity index (χ4v) is 4.19. The molecule has 1 unspecified atom stereocenters. The summed E-state index contributed by atoms with van der Waals surface area (Å²) in [7, 11) is 1.64. The van der Waals surface area contributed by atoms with Crippen molar-refractivity contribution in [1.29, 1.82) is 0 Å². The average Bonchev–Trinajstić information content (AvgIpc) is 3.08. The average molecular weight is 418 g/mol. The van der Waals surface area contributed by atoms with Crippen molar-refractivity contribution >= 4 is 40.1 Å². The van der Waals surface area contributed by atoms with Crippen LogP contribution in [0.2, 0.25) is 5.02 Å². The number of nitrogens with zero attached hydrogens (tertiary/aromatic N) is 3. The highest BCUT2D eigenvalue weighted by atomic mass is 35.5. The number of hydrogen-bond donors (Lipinski definition) is 0. The Morgan fingerprint density at radius 3 is 2.71 bits per heavy atom. The highest BCUT2D eigenvalue weighted by Crippen LogP contribution is 2.31.